The van der Waals surface area contributed by atoms with Crippen molar-refractivity contribution in [1.82, 2.24) is 0 Å². The Hall–Kier alpha value is -0.0800. The lowest BCUT2D eigenvalue weighted by Crippen LogP contribution is -2.21. The average molecular weight is 214 g/mol. The molecule has 0 amide bonds. The van der Waals surface area contributed by atoms with E-state index in [0.29, 0.717) is 12.2 Å². The van der Waals surface area contributed by atoms with E-state index < -0.39 is 0 Å². The molecule has 2 heteroatoms. The summed E-state index contributed by atoms with van der Waals surface area (Å²) in [4.78, 5) is 0. The van der Waals surface area contributed by atoms with Gasteiger partial charge in [0.15, 0.2) is 0 Å². The molecule has 0 aliphatic heterocycles. The van der Waals surface area contributed by atoms with Gasteiger partial charge in [-0.05, 0) is 43.4 Å². The van der Waals surface area contributed by atoms with Gasteiger partial charge >= 0.3 is 0 Å². The monoisotopic (exact) mass is 214 g/mol. The predicted molar refractivity (Wildman–Crippen MR) is 62.7 cm³/mol. The van der Waals surface area contributed by atoms with Crippen LogP contribution in [-0.4, -0.2) is 20.0 Å². The molecule has 1 saturated carbocycles. The Morgan fingerprint density at radius 2 is 2.07 bits per heavy atom. The van der Waals surface area contributed by atoms with Crippen molar-refractivity contribution in [2.75, 3.05) is 20.0 Å². The molecular weight excluding hydrogens is 188 g/mol. The first-order chi connectivity index (χ1) is 7.07. The first kappa shape index (κ1) is 13.0. The van der Waals surface area contributed by atoms with Gasteiger partial charge < -0.3 is 9.47 Å². The Bertz CT molecular complexity index is 179. The van der Waals surface area contributed by atoms with Crippen LogP contribution in [0.3, 0.4) is 0 Å². The quantitative estimate of drug-likeness (QED) is 0.498. The molecule has 1 fully saturated rings. The SMILES string of the molecule is CCOCOCC1(C)CCC(C(C)C)C1. The fourth-order valence-corrected chi connectivity index (χ4v) is 2.50. The molecule has 2 nitrogen and oxygen atoms in total. The van der Waals surface area contributed by atoms with Crippen molar-refractivity contribution in [3.63, 3.8) is 0 Å². The summed E-state index contributed by atoms with van der Waals surface area (Å²) in [6.45, 7) is 11.1. The Balaban J connectivity index is 2.23. The molecule has 0 aromatic heterocycles. The van der Waals surface area contributed by atoms with Crippen LogP contribution >= 0.6 is 0 Å². The second kappa shape index (κ2) is 5.86. The van der Waals surface area contributed by atoms with E-state index in [4.69, 9.17) is 9.47 Å². The third kappa shape index (κ3) is 4.12. The van der Waals surface area contributed by atoms with E-state index >= 15 is 0 Å². The minimum Gasteiger partial charge on any atom is -0.356 e. The smallest absolute Gasteiger partial charge is 0.146 e. The van der Waals surface area contributed by atoms with Crippen molar-refractivity contribution in [2.45, 2.75) is 47.0 Å². The molecule has 0 bridgehead atoms. The Morgan fingerprint density at radius 3 is 2.60 bits per heavy atom. The van der Waals surface area contributed by atoms with E-state index in [1.165, 1.54) is 19.3 Å². The molecule has 0 aromatic rings. The van der Waals surface area contributed by atoms with Crippen LogP contribution in [0.5, 0.6) is 0 Å². The fraction of sp³-hybridized carbons (Fsp3) is 1.00. The van der Waals surface area contributed by atoms with E-state index in [2.05, 4.69) is 20.8 Å². The highest BCUT2D eigenvalue weighted by molar-refractivity contribution is 4.86. The molecule has 0 heterocycles. The molecule has 0 radical (unpaired) electrons. The first-order valence-corrected chi connectivity index (χ1v) is 6.23. The topological polar surface area (TPSA) is 18.5 Å². The second-order valence-corrected chi connectivity index (χ2v) is 5.52. The van der Waals surface area contributed by atoms with Crippen molar-refractivity contribution >= 4 is 0 Å². The summed E-state index contributed by atoms with van der Waals surface area (Å²) in [5, 5.41) is 0. The van der Waals surface area contributed by atoms with Gasteiger partial charge in [0, 0.05) is 6.61 Å². The van der Waals surface area contributed by atoms with Gasteiger partial charge in [0.2, 0.25) is 0 Å². The maximum Gasteiger partial charge on any atom is 0.146 e. The molecule has 1 aliphatic rings. The zero-order chi connectivity index (χ0) is 11.3. The van der Waals surface area contributed by atoms with Gasteiger partial charge in [-0.1, -0.05) is 20.8 Å². The predicted octanol–water partition coefficient (Wildman–Crippen LogP) is 3.46. The van der Waals surface area contributed by atoms with E-state index in [1.54, 1.807) is 0 Å². The lowest BCUT2D eigenvalue weighted by Gasteiger charge is -2.24. The normalized spacial score (nSPS) is 31.4. The molecule has 0 N–H and O–H groups in total. The van der Waals surface area contributed by atoms with Crippen LogP contribution in [-0.2, 0) is 9.47 Å². The highest BCUT2D eigenvalue weighted by atomic mass is 16.7. The summed E-state index contributed by atoms with van der Waals surface area (Å²) in [7, 11) is 0. The summed E-state index contributed by atoms with van der Waals surface area (Å²) in [6, 6.07) is 0. The second-order valence-electron chi connectivity index (χ2n) is 5.52. The minimum absolute atomic E-state index is 0.395. The zero-order valence-corrected chi connectivity index (χ0v) is 10.7. The van der Waals surface area contributed by atoms with Crippen LogP contribution in [0, 0.1) is 17.3 Å². The maximum absolute atomic E-state index is 5.57. The van der Waals surface area contributed by atoms with Gasteiger partial charge in [0.1, 0.15) is 6.79 Å². The van der Waals surface area contributed by atoms with E-state index in [9.17, 15) is 0 Å². The first-order valence-electron chi connectivity index (χ1n) is 6.23. The lowest BCUT2D eigenvalue weighted by molar-refractivity contribution is -0.0757. The largest absolute Gasteiger partial charge is 0.356 e. The van der Waals surface area contributed by atoms with E-state index in [0.717, 1.165) is 25.0 Å². The molecular formula is C13H26O2. The lowest BCUT2D eigenvalue weighted by atomic mass is 9.86. The van der Waals surface area contributed by atoms with Crippen LogP contribution in [0.25, 0.3) is 0 Å². The number of hydrogen-bond donors (Lipinski definition) is 0. The molecule has 15 heavy (non-hydrogen) atoms. The van der Waals surface area contributed by atoms with Crippen molar-refractivity contribution in [3.05, 3.63) is 0 Å². The number of ether oxygens (including phenoxy) is 2. The van der Waals surface area contributed by atoms with Crippen molar-refractivity contribution in [3.8, 4) is 0 Å². The van der Waals surface area contributed by atoms with Crippen molar-refractivity contribution in [2.24, 2.45) is 17.3 Å². The molecule has 0 aromatic carbocycles. The van der Waals surface area contributed by atoms with Crippen LogP contribution < -0.4 is 0 Å². The third-order valence-electron chi connectivity index (χ3n) is 3.64. The zero-order valence-electron chi connectivity index (χ0n) is 10.7. The molecule has 2 unspecified atom stereocenters. The standard InChI is InChI=1S/C13H26O2/c1-5-14-10-15-9-13(4)7-6-12(8-13)11(2)3/h11-12H,5-10H2,1-4H3. The highest BCUT2D eigenvalue weighted by Crippen LogP contribution is 2.44. The number of hydrogen-bond acceptors (Lipinski definition) is 2. The summed E-state index contributed by atoms with van der Waals surface area (Å²) < 4.78 is 10.8. The van der Waals surface area contributed by atoms with Crippen LogP contribution in [0.1, 0.15) is 47.0 Å². The van der Waals surface area contributed by atoms with Crippen molar-refractivity contribution < 1.29 is 9.47 Å². The van der Waals surface area contributed by atoms with Gasteiger partial charge in [0.05, 0.1) is 6.61 Å². The van der Waals surface area contributed by atoms with Gasteiger partial charge in [-0.25, -0.2) is 0 Å². The summed E-state index contributed by atoms with van der Waals surface area (Å²) in [6.07, 6.45) is 3.99. The molecule has 90 valence electrons. The van der Waals surface area contributed by atoms with Gasteiger partial charge in [0.25, 0.3) is 0 Å². The average Bonchev–Trinajstić information content (AvgIpc) is 2.57. The molecule has 1 aliphatic carbocycles. The summed E-state index contributed by atoms with van der Waals surface area (Å²) in [5.41, 5.74) is 0.395. The Labute approximate surface area is 94.3 Å². The van der Waals surface area contributed by atoms with E-state index in [-0.39, 0.29) is 0 Å². The van der Waals surface area contributed by atoms with E-state index in [1.807, 2.05) is 6.92 Å². The third-order valence-corrected chi connectivity index (χ3v) is 3.64. The van der Waals surface area contributed by atoms with Gasteiger partial charge in [-0.3, -0.25) is 0 Å². The molecule has 0 saturated heterocycles. The van der Waals surface area contributed by atoms with Gasteiger partial charge in [-0.2, -0.15) is 0 Å². The van der Waals surface area contributed by atoms with Crippen LogP contribution in [0.15, 0.2) is 0 Å². The summed E-state index contributed by atoms with van der Waals surface area (Å²) in [5.74, 6) is 1.71. The maximum atomic E-state index is 5.57. The van der Waals surface area contributed by atoms with Crippen molar-refractivity contribution in [1.29, 1.82) is 0 Å². The fourth-order valence-electron chi connectivity index (χ4n) is 2.50. The highest BCUT2D eigenvalue weighted by Gasteiger charge is 2.36. The van der Waals surface area contributed by atoms with Crippen LogP contribution in [0.2, 0.25) is 0 Å². The number of rotatable bonds is 6. The van der Waals surface area contributed by atoms with Gasteiger partial charge in [-0.15, -0.1) is 0 Å². The Kier molecular flexibility index (Phi) is 5.07. The molecule has 2 atom stereocenters. The molecule has 1 rings (SSSR count). The summed E-state index contributed by atoms with van der Waals surface area (Å²) >= 11 is 0. The molecule has 0 spiro atoms. The minimum atomic E-state index is 0.395. The Morgan fingerprint density at radius 1 is 1.33 bits per heavy atom. The van der Waals surface area contributed by atoms with Crippen LogP contribution in [0.4, 0.5) is 0 Å².